The number of hydrogen-bond donors (Lipinski definition) is 2. The lowest BCUT2D eigenvalue weighted by Gasteiger charge is -2.31. The smallest absolute Gasteiger partial charge is 0.234 e. The molecule has 0 saturated carbocycles. The van der Waals surface area contributed by atoms with Crippen molar-refractivity contribution < 1.29 is 9.53 Å². The van der Waals surface area contributed by atoms with Crippen molar-refractivity contribution in [3.05, 3.63) is 47.8 Å². The molecule has 1 aromatic heterocycles. The van der Waals surface area contributed by atoms with Crippen LogP contribution in [0.4, 0.5) is 0 Å². The molecule has 4 rings (SSSR count). The molecule has 2 aliphatic heterocycles. The number of nitrogens with zero attached hydrogens (tertiary/aromatic N) is 2. The first kappa shape index (κ1) is 16.1. The number of aromatic amines is 1. The average Bonchev–Trinajstić information content (AvgIpc) is 3.29. The Kier molecular flexibility index (Phi) is 4.70. The molecule has 0 radical (unpaired) electrons. The van der Waals surface area contributed by atoms with E-state index in [4.69, 9.17) is 4.74 Å². The average molecular weight is 340 g/mol. The van der Waals surface area contributed by atoms with Crippen molar-refractivity contribution in [2.24, 2.45) is 0 Å². The topological polar surface area (TPSA) is 70.2 Å². The highest BCUT2D eigenvalue weighted by molar-refractivity contribution is 5.78. The molecule has 0 unspecified atom stereocenters. The van der Waals surface area contributed by atoms with E-state index in [1.54, 1.807) is 6.20 Å². The predicted octanol–water partition coefficient (Wildman–Crippen LogP) is 1.71. The van der Waals surface area contributed by atoms with Crippen LogP contribution in [-0.4, -0.2) is 53.3 Å². The number of hydrogen-bond acceptors (Lipinski definition) is 4. The fraction of sp³-hybridized carbons (Fsp3) is 0.474. The third-order valence-corrected chi connectivity index (χ3v) is 5.08. The van der Waals surface area contributed by atoms with E-state index >= 15 is 0 Å². The highest BCUT2D eigenvalue weighted by Gasteiger charge is 2.25. The predicted molar refractivity (Wildman–Crippen MR) is 94.6 cm³/mol. The van der Waals surface area contributed by atoms with E-state index in [2.05, 4.69) is 26.5 Å². The number of H-pyrrole nitrogens is 1. The van der Waals surface area contributed by atoms with Gasteiger partial charge in [0.1, 0.15) is 11.9 Å². The number of nitrogens with one attached hydrogen (secondary N) is 2. The number of amides is 1. The number of likely N-dealkylation sites (tertiary alicyclic amines) is 1. The van der Waals surface area contributed by atoms with Gasteiger partial charge < -0.3 is 10.1 Å². The monoisotopic (exact) mass is 340 g/mol. The van der Waals surface area contributed by atoms with Gasteiger partial charge in [-0.1, -0.05) is 18.2 Å². The molecule has 2 N–H and O–H groups in total. The lowest BCUT2D eigenvalue weighted by molar-refractivity contribution is -0.122. The lowest BCUT2D eigenvalue weighted by atomic mass is 9.95. The molecule has 0 aliphatic carbocycles. The highest BCUT2D eigenvalue weighted by atomic mass is 16.5. The number of ether oxygens (including phenoxy) is 1. The maximum atomic E-state index is 12.3. The Hall–Kier alpha value is -2.34. The van der Waals surface area contributed by atoms with Crippen LogP contribution in [0, 0.1) is 0 Å². The van der Waals surface area contributed by atoms with Gasteiger partial charge >= 0.3 is 0 Å². The zero-order valence-electron chi connectivity index (χ0n) is 14.3. The van der Waals surface area contributed by atoms with Crippen LogP contribution in [0.2, 0.25) is 0 Å². The van der Waals surface area contributed by atoms with Gasteiger partial charge in [0.25, 0.3) is 0 Å². The quantitative estimate of drug-likeness (QED) is 0.869. The standard InChI is InChI=1S/C19H24N4O2/c24-19(20-11-16-10-14-4-1-2-6-18(14)25-16)13-23-9-3-5-15(12-23)17-7-8-21-22-17/h1-2,4,6-8,15-16H,3,5,9-13H2,(H,20,24)(H,21,22)/t15-,16-/m0/s1. The molecule has 0 spiro atoms. The Labute approximate surface area is 147 Å². The first-order valence-corrected chi connectivity index (χ1v) is 9.01. The maximum Gasteiger partial charge on any atom is 0.234 e. The first-order chi connectivity index (χ1) is 12.3. The second kappa shape index (κ2) is 7.27. The minimum Gasteiger partial charge on any atom is -0.488 e. The van der Waals surface area contributed by atoms with Crippen LogP contribution in [0.1, 0.15) is 30.0 Å². The van der Waals surface area contributed by atoms with E-state index in [1.807, 2.05) is 24.3 Å². The van der Waals surface area contributed by atoms with E-state index in [0.29, 0.717) is 19.0 Å². The van der Waals surface area contributed by atoms with Gasteiger partial charge in [0, 0.05) is 30.8 Å². The minimum absolute atomic E-state index is 0.0421. The summed E-state index contributed by atoms with van der Waals surface area (Å²) >= 11 is 0. The van der Waals surface area contributed by atoms with Crippen LogP contribution in [0.5, 0.6) is 5.75 Å². The van der Waals surface area contributed by atoms with Crippen LogP contribution in [0.3, 0.4) is 0 Å². The number of benzene rings is 1. The normalized spacial score (nSPS) is 23.0. The number of fused-ring (bicyclic) bond motifs is 1. The summed E-state index contributed by atoms with van der Waals surface area (Å²) in [5, 5.41) is 10.1. The largest absolute Gasteiger partial charge is 0.488 e. The molecular formula is C19H24N4O2. The van der Waals surface area contributed by atoms with Crippen molar-refractivity contribution in [1.82, 2.24) is 20.4 Å². The number of para-hydroxylation sites is 1. The second-order valence-electron chi connectivity index (χ2n) is 6.94. The van der Waals surface area contributed by atoms with E-state index < -0.39 is 0 Å². The molecule has 1 amide bonds. The maximum absolute atomic E-state index is 12.3. The van der Waals surface area contributed by atoms with Crippen LogP contribution in [0.15, 0.2) is 36.5 Å². The summed E-state index contributed by atoms with van der Waals surface area (Å²) in [5.74, 6) is 1.46. The van der Waals surface area contributed by atoms with Gasteiger partial charge in [-0.05, 0) is 37.1 Å². The first-order valence-electron chi connectivity index (χ1n) is 9.01. The lowest BCUT2D eigenvalue weighted by Crippen LogP contribution is -2.44. The van der Waals surface area contributed by atoms with Crippen LogP contribution in [0.25, 0.3) is 0 Å². The van der Waals surface area contributed by atoms with Crippen molar-refractivity contribution in [2.75, 3.05) is 26.2 Å². The number of carbonyl (C=O) groups excluding carboxylic acids is 1. The number of aromatic nitrogens is 2. The summed E-state index contributed by atoms with van der Waals surface area (Å²) in [6.45, 7) is 2.89. The number of carbonyl (C=O) groups is 1. The van der Waals surface area contributed by atoms with Crippen LogP contribution in [-0.2, 0) is 11.2 Å². The van der Waals surface area contributed by atoms with Crippen molar-refractivity contribution in [2.45, 2.75) is 31.3 Å². The third-order valence-electron chi connectivity index (χ3n) is 5.08. The molecule has 2 aromatic rings. The Morgan fingerprint density at radius 2 is 2.28 bits per heavy atom. The molecule has 1 aromatic carbocycles. The zero-order valence-corrected chi connectivity index (χ0v) is 14.3. The van der Waals surface area contributed by atoms with Crippen molar-refractivity contribution in [1.29, 1.82) is 0 Å². The molecule has 0 bridgehead atoms. The van der Waals surface area contributed by atoms with E-state index in [-0.39, 0.29) is 12.0 Å². The van der Waals surface area contributed by atoms with E-state index in [0.717, 1.165) is 38.1 Å². The van der Waals surface area contributed by atoms with Gasteiger partial charge in [-0.2, -0.15) is 5.10 Å². The number of piperidine rings is 1. The van der Waals surface area contributed by atoms with Gasteiger partial charge in [-0.15, -0.1) is 0 Å². The molecule has 2 atom stereocenters. The van der Waals surface area contributed by atoms with E-state index in [9.17, 15) is 4.79 Å². The Morgan fingerprint density at radius 3 is 3.12 bits per heavy atom. The third kappa shape index (κ3) is 3.85. The van der Waals surface area contributed by atoms with Gasteiger partial charge in [-0.25, -0.2) is 0 Å². The van der Waals surface area contributed by atoms with Crippen LogP contribution >= 0.6 is 0 Å². The van der Waals surface area contributed by atoms with Gasteiger partial charge in [0.15, 0.2) is 0 Å². The van der Waals surface area contributed by atoms with Crippen molar-refractivity contribution in [3.8, 4) is 5.75 Å². The summed E-state index contributed by atoms with van der Waals surface area (Å²) in [6, 6.07) is 10.1. The zero-order chi connectivity index (χ0) is 17.1. The fourth-order valence-corrected chi connectivity index (χ4v) is 3.80. The molecule has 2 aliphatic rings. The SMILES string of the molecule is O=C(CN1CCC[C@H](c2ccn[nH]2)C1)NC[C@@H]1Cc2ccccc2O1. The summed E-state index contributed by atoms with van der Waals surface area (Å²) < 4.78 is 5.87. The molecule has 3 heterocycles. The molecule has 6 nitrogen and oxygen atoms in total. The summed E-state index contributed by atoms with van der Waals surface area (Å²) in [4.78, 5) is 14.5. The molecule has 1 fully saturated rings. The Balaban J connectivity index is 1.23. The molecular weight excluding hydrogens is 316 g/mol. The van der Waals surface area contributed by atoms with Crippen molar-refractivity contribution in [3.63, 3.8) is 0 Å². The Bertz CT molecular complexity index is 691. The highest BCUT2D eigenvalue weighted by Crippen LogP contribution is 2.28. The van der Waals surface area contributed by atoms with Crippen LogP contribution < -0.4 is 10.1 Å². The Morgan fingerprint density at radius 1 is 1.36 bits per heavy atom. The molecule has 25 heavy (non-hydrogen) atoms. The fourth-order valence-electron chi connectivity index (χ4n) is 3.80. The van der Waals surface area contributed by atoms with Crippen molar-refractivity contribution >= 4 is 5.91 Å². The molecule has 132 valence electrons. The second-order valence-corrected chi connectivity index (χ2v) is 6.94. The van der Waals surface area contributed by atoms with Gasteiger partial charge in [-0.3, -0.25) is 14.8 Å². The summed E-state index contributed by atoms with van der Waals surface area (Å²) in [6.07, 6.45) is 4.95. The summed E-state index contributed by atoms with van der Waals surface area (Å²) in [7, 11) is 0. The number of rotatable bonds is 5. The van der Waals surface area contributed by atoms with Gasteiger partial charge in [0.05, 0.1) is 13.1 Å². The summed E-state index contributed by atoms with van der Waals surface area (Å²) in [5.41, 5.74) is 2.39. The molecule has 1 saturated heterocycles. The van der Waals surface area contributed by atoms with Gasteiger partial charge in [0.2, 0.25) is 5.91 Å². The minimum atomic E-state index is 0.0421. The van der Waals surface area contributed by atoms with E-state index in [1.165, 1.54) is 11.3 Å². The molecule has 6 heteroatoms.